The smallest absolute Gasteiger partial charge is 0.292 e. The van der Waals surface area contributed by atoms with Gasteiger partial charge in [-0.2, -0.15) is 13.2 Å². The minimum absolute atomic E-state index is 0.262. The van der Waals surface area contributed by atoms with Crippen molar-refractivity contribution in [3.8, 4) is 5.69 Å². The number of hydrogen-bond acceptors (Lipinski definition) is 2. The van der Waals surface area contributed by atoms with Gasteiger partial charge in [0, 0.05) is 17.6 Å². The predicted octanol–water partition coefficient (Wildman–Crippen LogP) is 2.77. The van der Waals surface area contributed by atoms with Crippen molar-refractivity contribution in [1.29, 1.82) is 0 Å². The maximum Gasteiger partial charge on any atom is 0.431 e. The highest BCUT2D eigenvalue weighted by atomic mass is 79.9. The molecule has 0 saturated heterocycles. The summed E-state index contributed by atoms with van der Waals surface area (Å²) in [5, 5.41) is 0. The molecule has 0 atom stereocenters. The van der Waals surface area contributed by atoms with Crippen molar-refractivity contribution in [2.24, 2.45) is 7.05 Å². The van der Waals surface area contributed by atoms with Crippen LogP contribution >= 0.6 is 15.9 Å². The summed E-state index contributed by atoms with van der Waals surface area (Å²) in [6.07, 6.45) is -4.86. The lowest BCUT2D eigenvalue weighted by molar-refractivity contribution is -0.144. The third-order valence-electron chi connectivity index (χ3n) is 3.08. The van der Waals surface area contributed by atoms with E-state index in [0.29, 0.717) is 14.6 Å². The highest BCUT2D eigenvalue weighted by Crippen LogP contribution is 2.27. The second-order valence-electron chi connectivity index (χ2n) is 4.60. The SMILES string of the molecule is Cc1cc(-n2c(=O)cc(C(F)(F)F)n(C)c2=O)c(F)cc1Br. The van der Waals surface area contributed by atoms with Gasteiger partial charge in [0.25, 0.3) is 5.56 Å². The Morgan fingerprint density at radius 1 is 1.14 bits per heavy atom. The van der Waals surface area contributed by atoms with Gasteiger partial charge in [-0.1, -0.05) is 15.9 Å². The van der Waals surface area contributed by atoms with Crippen molar-refractivity contribution in [3.05, 3.63) is 60.6 Å². The van der Waals surface area contributed by atoms with Crippen LogP contribution in [0.1, 0.15) is 11.3 Å². The van der Waals surface area contributed by atoms with E-state index in [1.807, 2.05) is 0 Å². The Balaban J connectivity index is 2.85. The van der Waals surface area contributed by atoms with Gasteiger partial charge in [-0.05, 0) is 24.6 Å². The lowest BCUT2D eigenvalue weighted by Crippen LogP contribution is -2.41. The number of rotatable bonds is 1. The van der Waals surface area contributed by atoms with E-state index in [0.717, 1.165) is 13.1 Å². The lowest BCUT2D eigenvalue weighted by atomic mass is 10.2. The topological polar surface area (TPSA) is 44.0 Å². The molecule has 1 heterocycles. The lowest BCUT2D eigenvalue weighted by Gasteiger charge is -2.14. The zero-order valence-corrected chi connectivity index (χ0v) is 12.9. The average molecular weight is 381 g/mol. The van der Waals surface area contributed by atoms with E-state index in [2.05, 4.69) is 15.9 Å². The Morgan fingerprint density at radius 2 is 1.73 bits per heavy atom. The van der Waals surface area contributed by atoms with Gasteiger partial charge >= 0.3 is 11.9 Å². The van der Waals surface area contributed by atoms with Crippen molar-refractivity contribution in [3.63, 3.8) is 0 Å². The van der Waals surface area contributed by atoms with E-state index in [1.165, 1.54) is 6.07 Å². The highest BCUT2D eigenvalue weighted by molar-refractivity contribution is 9.10. The fourth-order valence-electron chi connectivity index (χ4n) is 1.93. The van der Waals surface area contributed by atoms with Crippen LogP contribution in [0.25, 0.3) is 5.69 Å². The first kappa shape index (κ1) is 16.5. The second kappa shape index (κ2) is 5.38. The van der Waals surface area contributed by atoms with Gasteiger partial charge < -0.3 is 0 Å². The average Bonchev–Trinajstić information content (AvgIpc) is 2.38. The zero-order valence-electron chi connectivity index (χ0n) is 11.3. The van der Waals surface area contributed by atoms with Gasteiger partial charge in [-0.3, -0.25) is 9.36 Å². The van der Waals surface area contributed by atoms with E-state index >= 15 is 0 Å². The van der Waals surface area contributed by atoms with Gasteiger partial charge in [0.1, 0.15) is 11.5 Å². The van der Waals surface area contributed by atoms with E-state index < -0.39 is 34.6 Å². The molecule has 0 bridgehead atoms. The molecule has 0 radical (unpaired) electrons. The molecule has 0 saturated carbocycles. The molecule has 0 aliphatic carbocycles. The molecule has 22 heavy (non-hydrogen) atoms. The van der Waals surface area contributed by atoms with Crippen molar-refractivity contribution in [2.75, 3.05) is 0 Å². The maximum absolute atomic E-state index is 14.0. The Bertz CT molecular complexity index is 868. The fraction of sp³-hybridized carbons (Fsp3) is 0.231. The molecule has 2 rings (SSSR count). The van der Waals surface area contributed by atoms with E-state index in [1.54, 1.807) is 6.92 Å². The van der Waals surface area contributed by atoms with Crippen LogP contribution in [0.3, 0.4) is 0 Å². The summed E-state index contributed by atoms with van der Waals surface area (Å²) in [6.45, 7) is 1.59. The molecule has 0 amide bonds. The summed E-state index contributed by atoms with van der Waals surface area (Å²) < 4.78 is 53.3. The Labute approximate surface area is 129 Å². The summed E-state index contributed by atoms with van der Waals surface area (Å²) in [4.78, 5) is 23.9. The first-order valence-electron chi connectivity index (χ1n) is 5.90. The van der Waals surface area contributed by atoms with Crippen LogP contribution in [0.2, 0.25) is 0 Å². The second-order valence-corrected chi connectivity index (χ2v) is 5.45. The van der Waals surface area contributed by atoms with Crippen LogP contribution in [0.4, 0.5) is 17.6 Å². The summed E-state index contributed by atoms with van der Waals surface area (Å²) in [6, 6.07) is 2.50. The van der Waals surface area contributed by atoms with Crippen molar-refractivity contribution in [1.82, 2.24) is 9.13 Å². The number of benzene rings is 1. The summed E-state index contributed by atoms with van der Waals surface area (Å²) in [5.74, 6) is -0.906. The van der Waals surface area contributed by atoms with Crippen LogP contribution < -0.4 is 11.2 Å². The summed E-state index contributed by atoms with van der Waals surface area (Å²) >= 11 is 3.08. The molecule has 0 aliphatic rings. The minimum Gasteiger partial charge on any atom is -0.292 e. The summed E-state index contributed by atoms with van der Waals surface area (Å²) in [5.41, 5.74) is -3.81. The first-order chi connectivity index (χ1) is 10.0. The molecule has 0 spiro atoms. The fourth-order valence-corrected chi connectivity index (χ4v) is 2.25. The minimum atomic E-state index is -4.86. The molecule has 0 fully saturated rings. The molecule has 0 aliphatic heterocycles. The van der Waals surface area contributed by atoms with Gasteiger partial charge in [-0.15, -0.1) is 0 Å². The largest absolute Gasteiger partial charge is 0.431 e. The third-order valence-corrected chi connectivity index (χ3v) is 3.93. The third kappa shape index (κ3) is 2.72. The van der Waals surface area contributed by atoms with E-state index in [9.17, 15) is 27.2 Å². The number of alkyl halides is 3. The van der Waals surface area contributed by atoms with Gasteiger partial charge in [-0.25, -0.2) is 13.8 Å². The number of halogens is 5. The van der Waals surface area contributed by atoms with E-state index in [-0.39, 0.29) is 10.6 Å². The molecule has 0 N–H and O–H groups in total. The number of aromatic nitrogens is 2. The normalized spacial score (nSPS) is 11.8. The molecule has 0 unspecified atom stereocenters. The van der Waals surface area contributed by atoms with Crippen molar-refractivity contribution in [2.45, 2.75) is 13.1 Å². The molecule has 2 aromatic rings. The Hall–Kier alpha value is -1.90. The van der Waals surface area contributed by atoms with Crippen molar-refractivity contribution < 1.29 is 17.6 Å². The molecule has 4 nitrogen and oxygen atoms in total. The van der Waals surface area contributed by atoms with Crippen LogP contribution in [-0.4, -0.2) is 9.13 Å². The quantitative estimate of drug-likeness (QED) is 0.714. The molecule has 118 valence electrons. The van der Waals surface area contributed by atoms with Crippen molar-refractivity contribution >= 4 is 15.9 Å². The molecular weight excluding hydrogens is 372 g/mol. The summed E-state index contributed by atoms with van der Waals surface area (Å²) in [7, 11) is 0.866. The van der Waals surface area contributed by atoms with Gasteiger partial charge in [0.15, 0.2) is 0 Å². The van der Waals surface area contributed by atoms with Crippen LogP contribution in [-0.2, 0) is 13.2 Å². The first-order valence-corrected chi connectivity index (χ1v) is 6.69. The van der Waals surface area contributed by atoms with Crippen LogP contribution in [0, 0.1) is 12.7 Å². The monoisotopic (exact) mass is 380 g/mol. The Kier molecular flexibility index (Phi) is 4.03. The zero-order chi connectivity index (χ0) is 16.8. The highest BCUT2D eigenvalue weighted by Gasteiger charge is 2.35. The molecule has 1 aromatic heterocycles. The van der Waals surface area contributed by atoms with Crippen LogP contribution in [0.5, 0.6) is 0 Å². The molecule has 9 heteroatoms. The van der Waals surface area contributed by atoms with Gasteiger partial charge in [0.2, 0.25) is 0 Å². The standard InChI is InChI=1S/C13H9BrF4N2O2/c1-6-3-9(8(15)4-7(6)14)20-11(21)5-10(13(16,17)18)19(2)12(20)22/h3-5H,1-2H3. The molecule has 1 aromatic carbocycles. The predicted molar refractivity (Wildman–Crippen MR) is 74.7 cm³/mol. The number of hydrogen-bond donors (Lipinski definition) is 0. The maximum atomic E-state index is 14.0. The number of nitrogens with zero attached hydrogens (tertiary/aromatic N) is 2. The molecular formula is C13H9BrF4N2O2. The van der Waals surface area contributed by atoms with Gasteiger partial charge in [0.05, 0.1) is 5.69 Å². The number of aryl methyl sites for hydroxylation is 1. The van der Waals surface area contributed by atoms with E-state index in [4.69, 9.17) is 0 Å². The Morgan fingerprint density at radius 3 is 2.27 bits per heavy atom. The van der Waals surface area contributed by atoms with Crippen LogP contribution in [0.15, 0.2) is 32.3 Å².